The van der Waals surface area contributed by atoms with E-state index >= 15 is 0 Å². The van der Waals surface area contributed by atoms with Gasteiger partial charge in [-0.2, -0.15) is 5.10 Å². The molecular weight excluding hydrogens is 252 g/mol. The number of benzene rings is 1. The third kappa shape index (κ3) is 2.54. The molecule has 20 heavy (non-hydrogen) atoms. The van der Waals surface area contributed by atoms with E-state index in [2.05, 4.69) is 19.6 Å². The summed E-state index contributed by atoms with van der Waals surface area (Å²) in [7, 11) is 0. The Labute approximate surface area is 116 Å². The Hall–Kier alpha value is -2.63. The smallest absolute Gasteiger partial charge is 0.181 e. The lowest BCUT2D eigenvalue weighted by Gasteiger charge is -2.04. The predicted octanol–water partition coefficient (Wildman–Crippen LogP) is 1.73. The Morgan fingerprint density at radius 3 is 2.85 bits per heavy atom. The molecular formula is C14H16N6. The normalized spacial score (nSPS) is 10.8. The van der Waals surface area contributed by atoms with Crippen molar-refractivity contribution in [2.24, 2.45) is 0 Å². The van der Waals surface area contributed by atoms with Crippen molar-refractivity contribution in [1.29, 1.82) is 0 Å². The molecule has 0 spiro atoms. The van der Waals surface area contributed by atoms with Gasteiger partial charge in [0.2, 0.25) is 0 Å². The second kappa shape index (κ2) is 5.16. The van der Waals surface area contributed by atoms with Crippen LogP contribution in [0.3, 0.4) is 0 Å². The summed E-state index contributed by atoms with van der Waals surface area (Å²) in [5.41, 5.74) is 7.42. The first kappa shape index (κ1) is 12.4. The van der Waals surface area contributed by atoms with Crippen LogP contribution in [0.2, 0.25) is 0 Å². The molecule has 0 unspecified atom stereocenters. The first-order valence-corrected chi connectivity index (χ1v) is 6.45. The van der Waals surface area contributed by atoms with Gasteiger partial charge in [-0.15, -0.1) is 0 Å². The number of nitrogen functional groups attached to an aromatic ring is 1. The number of aromatic nitrogens is 5. The van der Waals surface area contributed by atoms with Gasteiger partial charge in [0.25, 0.3) is 0 Å². The number of nitrogens with zero attached hydrogens (tertiary/aromatic N) is 5. The Bertz CT molecular complexity index is 712. The summed E-state index contributed by atoms with van der Waals surface area (Å²) in [4.78, 5) is 8.52. The molecule has 1 aromatic carbocycles. The fraction of sp³-hybridized carbons (Fsp3) is 0.214. The fourth-order valence-electron chi connectivity index (χ4n) is 2.06. The average molecular weight is 268 g/mol. The molecule has 0 bridgehead atoms. The summed E-state index contributed by atoms with van der Waals surface area (Å²) in [5, 5.41) is 4.47. The van der Waals surface area contributed by atoms with Gasteiger partial charge in [0.1, 0.15) is 12.2 Å². The molecule has 102 valence electrons. The number of imidazole rings is 1. The molecule has 3 aromatic rings. The highest BCUT2D eigenvalue weighted by atomic mass is 15.3. The molecule has 2 N–H and O–H groups in total. The zero-order valence-electron chi connectivity index (χ0n) is 11.3. The van der Waals surface area contributed by atoms with Crippen LogP contribution in [0.1, 0.15) is 5.82 Å². The topological polar surface area (TPSA) is 74.5 Å². The molecule has 6 heteroatoms. The zero-order chi connectivity index (χ0) is 13.9. The van der Waals surface area contributed by atoms with Crippen LogP contribution in [0.5, 0.6) is 0 Å². The number of aryl methyl sites for hydroxylation is 3. The molecule has 0 atom stereocenters. The Balaban J connectivity index is 1.72. The van der Waals surface area contributed by atoms with E-state index in [1.165, 1.54) is 0 Å². The van der Waals surface area contributed by atoms with Crippen molar-refractivity contribution in [3.63, 3.8) is 0 Å². The number of nitrogens with two attached hydrogens (primary N) is 1. The summed E-state index contributed by atoms with van der Waals surface area (Å²) < 4.78 is 3.92. The summed E-state index contributed by atoms with van der Waals surface area (Å²) >= 11 is 0. The minimum atomic E-state index is 0.694. The molecule has 0 aliphatic carbocycles. The van der Waals surface area contributed by atoms with Crippen molar-refractivity contribution in [3.05, 3.63) is 48.8 Å². The molecule has 2 heterocycles. The van der Waals surface area contributed by atoms with E-state index in [-0.39, 0.29) is 0 Å². The van der Waals surface area contributed by atoms with Crippen LogP contribution in [0, 0.1) is 6.92 Å². The standard InChI is InChI=1S/C14H16N6/c1-11-16-5-6-19(11)7-8-20-10-17-14(18-20)12-3-2-4-13(15)9-12/h2-6,9-10H,7-8,15H2,1H3. The highest BCUT2D eigenvalue weighted by Gasteiger charge is 2.05. The first-order valence-electron chi connectivity index (χ1n) is 6.45. The predicted molar refractivity (Wildman–Crippen MR) is 76.8 cm³/mol. The van der Waals surface area contributed by atoms with E-state index in [0.29, 0.717) is 11.5 Å². The van der Waals surface area contributed by atoms with E-state index in [0.717, 1.165) is 24.5 Å². The summed E-state index contributed by atoms with van der Waals surface area (Å²) in [6.45, 7) is 3.57. The van der Waals surface area contributed by atoms with Crippen molar-refractivity contribution in [1.82, 2.24) is 24.3 Å². The van der Waals surface area contributed by atoms with Crippen molar-refractivity contribution >= 4 is 5.69 Å². The fourth-order valence-corrected chi connectivity index (χ4v) is 2.06. The van der Waals surface area contributed by atoms with Crippen LogP contribution in [-0.2, 0) is 13.1 Å². The molecule has 0 aliphatic rings. The Kier molecular flexibility index (Phi) is 3.20. The van der Waals surface area contributed by atoms with Gasteiger partial charge in [0.05, 0.1) is 6.54 Å². The van der Waals surface area contributed by atoms with E-state index < -0.39 is 0 Å². The summed E-state index contributed by atoms with van der Waals surface area (Å²) in [5.74, 6) is 1.70. The maximum atomic E-state index is 5.77. The van der Waals surface area contributed by atoms with Gasteiger partial charge in [-0.25, -0.2) is 9.97 Å². The third-order valence-electron chi connectivity index (χ3n) is 3.17. The molecule has 0 saturated heterocycles. The van der Waals surface area contributed by atoms with Crippen LogP contribution >= 0.6 is 0 Å². The second-order valence-corrected chi connectivity index (χ2v) is 4.62. The lowest BCUT2D eigenvalue weighted by molar-refractivity contribution is 0.526. The summed E-state index contributed by atoms with van der Waals surface area (Å²) in [6.07, 6.45) is 5.50. The lowest BCUT2D eigenvalue weighted by Crippen LogP contribution is -2.08. The van der Waals surface area contributed by atoms with Crippen LogP contribution < -0.4 is 5.73 Å². The summed E-state index contributed by atoms with van der Waals surface area (Å²) in [6, 6.07) is 7.58. The first-order chi connectivity index (χ1) is 9.72. The largest absolute Gasteiger partial charge is 0.399 e. The van der Waals surface area contributed by atoms with Gasteiger partial charge in [-0.05, 0) is 19.1 Å². The Morgan fingerprint density at radius 2 is 2.10 bits per heavy atom. The number of anilines is 1. The number of rotatable bonds is 4. The second-order valence-electron chi connectivity index (χ2n) is 4.62. The van der Waals surface area contributed by atoms with Crippen LogP contribution in [0.4, 0.5) is 5.69 Å². The van der Waals surface area contributed by atoms with Gasteiger partial charge in [-0.3, -0.25) is 4.68 Å². The number of hydrogen-bond donors (Lipinski definition) is 1. The maximum Gasteiger partial charge on any atom is 0.181 e. The highest BCUT2D eigenvalue weighted by molar-refractivity contribution is 5.60. The van der Waals surface area contributed by atoms with Gasteiger partial charge in [0, 0.05) is 30.2 Å². The van der Waals surface area contributed by atoms with Gasteiger partial charge >= 0.3 is 0 Å². The average Bonchev–Trinajstić information content (AvgIpc) is 3.05. The van der Waals surface area contributed by atoms with Crippen LogP contribution in [0.25, 0.3) is 11.4 Å². The SMILES string of the molecule is Cc1nccn1CCn1cnc(-c2cccc(N)c2)n1. The lowest BCUT2D eigenvalue weighted by atomic mass is 10.2. The van der Waals surface area contributed by atoms with Crippen molar-refractivity contribution in [3.8, 4) is 11.4 Å². The molecule has 3 rings (SSSR count). The van der Waals surface area contributed by atoms with E-state index in [1.807, 2.05) is 42.1 Å². The van der Waals surface area contributed by atoms with Gasteiger partial charge < -0.3 is 10.3 Å². The molecule has 0 amide bonds. The highest BCUT2D eigenvalue weighted by Crippen LogP contribution is 2.16. The zero-order valence-corrected chi connectivity index (χ0v) is 11.3. The van der Waals surface area contributed by atoms with Crippen molar-refractivity contribution in [2.45, 2.75) is 20.0 Å². The van der Waals surface area contributed by atoms with Gasteiger partial charge in [-0.1, -0.05) is 12.1 Å². The number of hydrogen-bond acceptors (Lipinski definition) is 4. The molecule has 0 aliphatic heterocycles. The monoisotopic (exact) mass is 268 g/mol. The van der Waals surface area contributed by atoms with Crippen molar-refractivity contribution in [2.75, 3.05) is 5.73 Å². The minimum absolute atomic E-state index is 0.694. The third-order valence-corrected chi connectivity index (χ3v) is 3.17. The van der Waals surface area contributed by atoms with E-state index in [9.17, 15) is 0 Å². The van der Waals surface area contributed by atoms with E-state index in [1.54, 1.807) is 12.5 Å². The molecule has 0 radical (unpaired) electrons. The quantitative estimate of drug-likeness (QED) is 0.731. The molecule has 6 nitrogen and oxygen atoms in total. The maximum absolute atomic E-state index is 5.77. The Morgan fingerprint density at radius 1 is 1.20 bits per heavy atom. The molecule has 0 saturated carbocycles. The van der Waals surface area contributed by atoms with Gasteiger partial charge in [0.15, 0.2) is 5.82 Å². The molecule has 2 aromatic heterocycles. The van der Waals surface area contributed by atoms with Crippen LogP contribution in [-0.4, -0.2) is 24.3 Å². The molecule has 0 fully saturated rings. The van der Waals surface area contributed by atoms with Crippen molar-refractivity contribution < 1.29 is 0 Å². The minimum Gasteiger partial charge on any atom is -0.399 e. The van der Waals surface area contributed by atoms with Crippen LogP contribution in [0.15, 0.2) is 43.0 Å². The van der Waals surface area contributed by atoms with E-state index in [4.69, 9.17) is 5.73 Å².